The van der Waals surface area contributed by atoms with Gasteiger partial charge in [0.2, 0.25) is 0 Å². The van der Waals surface area contributed by atoms with E-state index in [2.05, 4.69) is 25.3 Å². The average molecular weight is 230 g/mol. The van der Waals surface area contributed by atoms with E-state index in [0.717, 1.165) is 5.76 Å². The van der Waals surface area contributed by atoms with Crippen molar-refractivity contribution in [1.82, 2.24) is 19.9 Å². The minimum absolute atomic E-state index is 0.321. The fraction of sp³-hybridized carbons (Fsp3) is 0.100. The van der Waals surface area contributed by atoms with Gasteiger partial charge >= 0.3 is 0 Å². The second-order valence-corrected chi connectivity index (χ2v) is 3.48. The molecular formula is C10H10N6O. The lowest BCUT2D eigenvalue weighted by Gasteiger charge is -2.03. The monoisotopic (exact) mass is 230 g/mol. The third kappa shape index (κ3) is 1.78. The van der Waals surface area contributed by atoms with Crippen LogP contribution >= 0.6 is 0 Å². The van der Waals surface area contributed by atoms with Crippen molar-refractivity contribution >= 4 is 22.9 Å². The number of hydrogen-bond acceptors (Lipinski definition) is 6. The molecule has 0 aliphatic heterocycles. The van der Waals surface area contributed by atoms with Gasteiger partial charge in [-0.25, -0.2) is 9.97 Å². The zero-order valence-corrected chi connectivity index (χ0v) is 8.84. The van der Waals surface area contributed by atoms with Crippen molar-refractivity contribution < 1.29 is 4.42 Å². The first kappa shape index (κ1) is 9.64. The maximum atomic E-state index is 5.57. The number of fused-ring (bicyclic) bond motifs is 1. The lowest BCUT2D eigenvalue weighted by molar-refractivity contribution is 0.518. The van der Waals surface area contributed by atoms with Gasteiger partial charge in [-0.05, 0) is 12.1 Å². The topological polar surface area (TPSA) is 106 Å². The first-order chi connectivity index (χ1) is 8.33. The highest BCUT2D eigenvalue weighted by Gasteiger charge is 2.07. The number of H-pyrrole nitrogens is 1. The molecule has 0 aliphatic rings. The molecule has 17 heavy (non-hydrogen) atoms. The highest BCUT2D eigenvalue weighted by Crippen LogP contribution is 2.17. The summed E-state index contributed by atoms with van der Waals surface area (Å²) in [6, 6.07) is 3.72. The number of imidazole rings is 1. The molecule has 3 aromatic heterocycles. The van der Waals surface area contributed by atoms with Crippen LogP contribution in [0.15, 0.2) is 29.1 Å². The van der Waals surface area contributed by atoms with E-state index < -0.39 is 0 Å². The number of nitrogens with one attached hydrogen (secondary N) is 2. The minimum atomic E-state index is 0.321. The Morgan fingerprint density at radius 2 is 2.35 bits per heavy atom. The molecule has 3 rings (SSSR count). The molecule has 0 aromatic carbocycles. The summed E-state index contributed by atoms with van der Waals surface area (Å²) >= 11 is 0. The second-order valence-electron chi connectivity index (χ2n) is 3.48. The van der Waals surface area contributed by atoms with Crippen LogP contribution in [0.3, 0.4) is 0 Å². The predicted molar refractivity (Wildman–Crippen MR) is 62.1 cm³/mol. The molecule has 0 atom stereocenters. The van der Waals surface area contributed by atoms with Crippen LogP contribution in [-0.4, -0.2) is 19.9 Å². The third-order valence-corrected chi connectivity index (χ3v) is 2.32. The van der Waals surface area contributed by atoms with Crippen LogP contribution in [0.5, 0.6) is 0 Å². The van der Waals surface area contributed by atoms with E-state index in [1.54, 1.807) is 6.26 Å². The summed E-state index contributed by atoms with van der Waals surface area (Å²) in [4.78, 5) is 15.1. The van der Waals surface area contributed by atoms with Crippen LogP contribution in [0.1, 0.15) is 5.76 Å². The molecule has 0 saturated carbocycles. The van der Waals surface area contributed by atoms with Gasteiger partial charge in [0, 0.05) is 0 Å². The molecule has 0 unspecified atom stereocenters. The molecule has 3 heterocycles. The molecule has 7 heteroatoms. The van der Waals surface area contributed by atoms with Crippen molar-refractivity contribution in [2.75, 3.05) is 11.1 Å². The predicted octanol–water partition coefficient (Wildman–Crippen LogP) is 1.14. The van der Waals surface area contributed by atoms with Crippen LogP contribution in [0.2, 0.25) is 0 Å². The molecule has 0 fully saturated rings. The summed E-state index contributed by atoms with van der Waals surface area (Å²) in [6.07, 6.45) is 3.06. The van der Waals surface area contributed by atoms with Crippen molar-refractivity contribution in [2.24, 2.45) is 0 Å². The van der Waals surface area contributed by atoms with E-state index >= 15 is 0 Å². The zero-order chi connectivity index (χ0) is 11.7. The second kappa shape index (κ2) is 3.78. The number of nitrogens with two attached hydrogens (primary N) is 1. The Kier molecular flexibility index (Phi) is 2.14. The van der Waals surface area contributed by atoms with Crippen LogP contribution < -0.4 is 11.1 Å². The number of furan rings is 1. The van der Waals surface area contributed by atoms with Crippen LogP contribution in [0.25, 0.3) is 11.2 Å². The summed E-state index contributed by atoms with van der Waals surface area (Å²) < 4.78 is 5.22. The zero-order valence-electron chi connectivity index (χ0n) is 8.84. The molecule has 3 aromatic rings. The van der Waals surface area contributed by atoms with Crippen LogP contribution in [-0.2, 0) is 6.54 Å². The van der Waals surface area contributed by atoms with E-state index in [9.17, 15) is 0 Å². The third-order valence-electron chi connectivity index (χ3n) is 2.32. The van der Waals surface area contributed by atoms with Gasteiger partial charge in [-0.1, -0.05) is 0 Å². The number of aromatic nitrogens is 4. The minimum Gasteiger partial charge on any atom is -0.467 e. The molecule has 4 N–H and O–H groups in total. The Morgan fingerprint density at radius 1 is 1.41 bits per heavy atom. The van der Waals surface area contributed by atoms with Gasteiger partial charge in [-0.2, -0.15) is 4.98 Å². The van der Waals surface area contributed by atoms with Crippen LogP contribution in [0, 0.1) is 0 Å². The SMILES string of the molecule is Nc1nc2ncnc(NCc3ccco3)c2[nH]1. The van der Waals surface area contributed by atoms with E-state index in [4.69, 9.17) is 10.2 Å². The summed E-state index contributed by atoms with van der Waals surface area (Å²) in [6.45, 7) is 0.540. The van der Waals surface area contributed by atoms with Crippen molar-refractivity contribution in [3.8, 4) is 0 Å². The number of anilines is 2. The Balaban J connectivity index is 1.89. The molecule has 86 valence electrons. The van der Waals surface area contributed by atoms with Crippen molar-refractivity contribution in [1.29, 1.82) is 0 Å². The standard InChI is InChI=1S/C10H10N6O/c11-10-15-7-8(13-5-14-9(7)16-10)12-4-6-2-1-3-17-6/h1-3,5H,4H2,(H4,11,12,13,14,15,16). The van der Waals surface area contributed by atoms with Gasteiger partial charge in [-0.15, -0.1) is 0 Å². The fourth-order valence-corrected chi connectivity index (χ4v) is 1.56. The first-order valence-electron chi connectivity index (χ1n) is 5.05. The summed E-state index contributed by atoms with van der Waals surface area (Å²) in [5.74, 6) is 1.79. The van der Waals surface area contributed by atoms with Crippen molar-refractivity contribution in [2.45, 2.75) is 6.54 Å². The number of rotatable bonds is 3. The Hall–Kier alpha value is -2.57. The first-order valence-corrected chi connectivity index (χ1v) is 5.05. The van der Waals surface area contributed by atoms with Gasteiger partial charge in [0.1, 0.15) is 17.6 Å². The average Bonchev–Trinajstić information content (AvgIpc) is 2.93. The van der Waals surface area contributed by atoms with E-state index in [-0.39, 0.29) is 0 Å². The van der Waals surface area contributed by atoms with E-state index in [1.807, 2.05) is 12.1 Å². The molecule has 0 spiro atoms. The van der Waals surface area contributed by atoms with E-state index in [0.29, 0.717) is 29.5 Å². The molecule has 0 aliphatic carbocycles. The molecule has 0 radical (unpaired) electrons. The summed E-state index contributed by atoms with van der Waals surface area (Å²) in [7, 11) is 0. The maximum absolute atomic E-state index is 5.57. The number of nitrogens with zero attached hydrogens (tertiary/aromatic N) is 3. The molecular weight excluding hydrogens is 220 g/mol. The summed E-state index contributed by atoms with van der Waals surface area (Å²) in [5.41, 5.74) is 6.80. The quantitative estimate of drug-likeness (QED) is 0.623. The van der Waals surface area contributed by atoms with Crippen molar-refractivity contribution in [3.63, 3.8) is 0 Å². The molecule has 0 bridgehead atoms. The number of nitrogen functional groups attached to an aromatic ring is 1. The smallest absolute Gasteiger partial charge is 0.200 e. The molecule has 0 amide bonds. The Bertz CT molecular complexity index is 629. The summed E-state index contributed by atoms with van der Waals surface area (Å²) in [5, 5.41) is 3.13. The van der Waals surface area contributed by atoms with Gasteiger partial charge in [0.15, 0.2) is 17.4 Å². The van der Waals surface area contributed by atoms with Gasteiger partial charge < -0.3 is 20.5 Å². The molecule has 7 nitrogen and oxygen atoms in total. The van der Waals surface area contributed by atoms with Crippen LogP contribution in [0.4, 0.5) is 11.8 Å². The largest absolute Gasteiger partial charge is 0.467 e. The maximum Gasteiger partial charge on any atom is 0.200 e. The highest BCUT2D eigenvalue weighted by molar-refractivity contribution is 5.83. The number of aromatic amines is 1. The lowest BCUT2D eigenvalue weighted by Crippen LogP contribution is -2.01. The fourth-order valence-electron chi connectivity index (χ4n) is 1.56. The Morgan fingerprint density at radius 3 is 3.18 bits per heavy atom. The van der Waals surface area contributed by atoms with Gasteiger partial charge in [0.05, 0.1) is 12.8 Å². The van der Waals surface area contributed by atoms with Gasteiger partial charge in [0.25, 0.3) is 0 Å². The van der Waals surface area contributed by atoms with E-state index in [1.165, 1.54) is 6.33 Å². The normalized spacial score (nSPS) is 10.8. The molecule has 0 saturated heterocycles. The lowest BCUT2D eigenvalue weighted by atomic mass is 10.4. The number of hydrogen-bond donors (Lipinski definition) is 3. The van der Waals surface area contributed by atoms with Crippen molar-refractivity contribution in [3.05, 3.63) is 30.5 Å². The highest BCUT2D eigenvalue weighted by atomic mass is 16.3. The Labute approximate surface area is 96.1 Å². The van der Waals surface area contributed by atoms with Gasteiger partial charge in [-0.3, -0.25) is 0 Å².